The largest absolute Gasteiger partial charge is 0.296 e. The minimum Gasteiger partial charge on any atom is -0.296 e. The summed E-state index contributed by atoms with van der Waals surface area (Å²) in [5.41, 5.74) is 3.80. The van der Waals surface area contributed by atoms with Gasteiger partial charge in [0.1, 0.15) is 5.82 Å². The second-order valence-electron chi connectivity index (χ2n) is 8.14. The van der Waals surface area contributed by atoms with Crippen LogP contribution in [0.15, 0.2) is 94.9 Å². The van der Waals surface area contributed by atoms with Gasteiger partial charge < -0.3 is 0 Å². The minimum absolute atomic E-state index is 0.122. The van der Waals surface area contributed by atoms with E-state index in [4.69, 9.17) is 4.98 Å². The quantitative estimate of drug-likeness (QED) is 0.306. The van der Waals surface area contributed by atoms with Gasteiger partial charge in [-0.15, -0.1) is 0 Å². The Morgan fingerprint density at radius 2 is 1.55 bits per heavy atom. The average Bonchev–Trinajstić information content (AvgIpc) is 3.09. The summed E-state index contributed by atoms with van der Waals surface area (Å²) in [6.45, 7) is 4.67. The predicted molar refractivity (Wildman–Crippen MR) is 121 cm³/mol. The lowest BCUT2D eigenvalue weighted by Gasteiger charge is -2.34. The molecule has 29 heavy (non-hydrogen) atoms. The lowest BCUT2D eigenvalue weighted by atomic mass is 9.80. The van der Waals surface area contributed by atoms with Gasteiger partial charge in [0, 0.05) is 37.9 Å². The number of aromatic nitrogens is 2. The van der Waals surface area contributed by atoms with Crippen molar-refractivity contribution in [3.63, 3.8) is 0 Å². The molecule has 3 heteroatoms. The first-order chi connectivity index (χ1) is 14.1. The smallest absolute Gasteiger partial charge is 0.137 e. The van der Waals surface area contributed by atoms with E-state index in [1.54, 1.807) is 0 Å². The molecule has 140 valence electrons. The standard InChI is InChI=1S/C26H20N2S/c1-26(2)20-12-6-8-14-22(20)29-24-19-11-5-7-13-21(19)28(25(24)26)23-15-17-9-3-4-10-18(17)16-27-23/h3-16H,1-2H3. The summed E-state index contributed by atoms with van der Waals surface area (Å²) in [6, 6.07) is 28.1. The topological polar surface area (TPSA) is 17.8 Å². The van der Waals surface area contributed by atoms with E-state index in [1.165, 1.54) is 42.7 Å². The van der Waals surface area contributed by atoms with Gasteiger partial charge >= 0.3 is 0 Å². The van der Waals surface area contributed by atoms with Gasteiger partial charge in [0.05, 0.1) is 5.52 Å². The fourth-order valence-electron chi connectivity index (χ4n) is 4.62. The highest BCUT2D eigenvalue weighted by molar-refractivity contribution is 7.99. The summed E-state index contributed by atoms with van der Waals surface area (Å²) in [4.78, 5) is 7.58. The van der Waals surface area contributed by atoms with E-state index in [0.29, 0.717) is 0 Å². The summed E-state index contributed by atoms with van der Waals surface area (Å²) < 4.78 is 2.38. The number of para-hydroxylation sites is 1. The number of nitrogens with zero attached hydrogens (tertiary/aromatic N) is 2. The molecule has 1 aliphatic rings. The monoisotopic (exact) mass is 392 g/mol. The van der Waals surface area contributed by atoms with Crippen molar-refractivity contribution in [1.29, 1.82) is 0 Å². The minimum atomic E-state index is -0.122. The van der Waals surface area contributed by atoms with E-state index in [9.17, 15) is 0 Å². The van der Waals surface area contributed by atoms with Crippen molar-refractivity contribution in [3.8, 4) is 5.82 Å². The Balaban J connectivity index is 1.72. The zero-order valence-electron chi connectivity index (χ0n) is 16.4. The van der Waals surface area contributed by atoms with Crippen LogP contribution in [0.25, 0.3) is 27.5 Å². The third-order valence-electron chi connectivity index (χ3n) is 6.04. The molecule has 3 heterocycles. The van der Waals surface area contributed by atoms with Crippen molar-refractivity contribution in [1.82, 2.24) is 9.55 Å². The molecule has 3 aromatic carbocycles. The maximum Gasteiger partial charge on any atom is 0.137 e. The third-order valence-corrected chi connectivity index (χ3v) is 7.23. The molecule has 5 aromatic rings. The fourth-order valence-corrected chi connectivity index (χ4v) is 6.14. The van der Waals surface area contributed by atoms with E-state index >= 15 is 0 Å². The van der Waals surface area contributed by atoms with Gasteiger partial charge in [-0.05, 0) is 29.1 Å². The number of fused-ring (bicyclic) bond motifs is 5. The number of hydrogen-bond donors (Lipinski definition) is 0. The Hall–Kier alpha value is -3.04. The van der Waals surface area contributed by atoms with Crippen molar-refractivity contribution in [2.24, 2.45) is 0 Å². The van der Waals surface area contributed by atoms with Crippen molar-refractivity contribution >= 4 is 33.4 Å². The van der Waals surface area contributed by atoms with Gasteiger partial charge in [-0.2, -0.15) is 0 Å². The molecule has 0 spiro atoms. The van der Waals surface area contributed by atoms with Gasteiger partial charge in [-0.1, -0.05) is 86.3 Å². The van der Waals surface area contributed by atoms with Crippen LogP contribution in [-0.4, -0.2) is 9.55 Å². The van der Waals surface area contributed by atoms with Gasteiger partial charge in [0.25, 0.3) is 0 Å². The van der Waals surface area contributed by atoms with Crippen LogP contribution >= 0.6 is 11.8 Å². The average molecular weight is 393 g/mol. The van der Waals surface area contributed by atoms with Crippen molar-refractivity contribution in [2.75, 3.05) is 0 Å². The number of hydrogen-bond acceptors (Lipinski definition) is 2. The Labute approximate surface area is 174 Å². The molecule has 0 saturated carbocycles. The molecule has 0 aliphatic carbocycles. The van der Waals surface area contributed by atoms with Crippen LogP contribution in [0.1, 0.15) is 25.1 Å². The lowest BCUT2D eigenvalue weighted by molar-refractivity contribution is 0.573. The van der Waals surface area contributed by atoms with Crippen molar-refractivity contribution < 1.29 is 0 Å². The van der Waals surface area contributed by atoms with E-state index in [-0.39, 0.29) is 5.41 Å². The molecule has 0 unspecified atom stereocenters. The first kappa shape index (κ1) is 16.9. The van der Waals surface area contributed by atoms with Gasteiger partial charge in [0.15, 0.2) is 0 Å². The Morgan fingerprint density at radius 1 is 0.828 bits per heavy atom. The van der Waals surface area contributed by atoms with Crippen molar-refractivity contribution in [2.45, 2.75) is 29.1 Å². The van der Waals surface area contributed by atoms with E-state index < -0.39 is 0 Å². The van der Waals surface area contributed by atoms with Gasteiger partial charge in [-0.3, -0.25) is 4.57 Å². The number of rotatable bonds is 1. The summed E-state index contributed by atoms with van der Waals surface area (Å²) in [6.07, 6.45) is 1.99. The summed E-state index contributed by atoms with van der Waals surface area (Å²) in [5, 5.41) is 3.68. The molecule has 2 nitrogen and oxygen atoms in total. The summed E-state index contributed by atoms with van der Waals surface area (Å²) in [5.74, 6) is 0.981. The maximum absolute atomic E-state index is 4.88. The SMILES string of the molecule is CC1(C)c2ccccc2Sc2c1n(-c1cc3ccccc3cn1)c1ccccc21. The third kappa shape index (κ3) is 2.34. The maximum atomic E-state index is 4.88. The van der Waals surface area contributed by atoms with Crippen LogP contribution in [0.3, 0.4) is 0 Å². The van der Waals surface area contributed by atoms with Crippen LogP contribution in [-0.2, 0) is 5.41 Å². The summed E-state index contributed by atoms with van der Waals surface area (Å²) in [7, 11) is 0. The molecule has 0 amide bonds. The molecule has 0 bridgehead atoms. The molecule has 0 saturated heterocycles. The van der Waals surface area contributed by atoms with E-state index in [1.807, 2.05) is 18.0 Å². The zero-order valence-corrected chi connectivity index (χ0v) is 17.2. The molecule has 0 N–H and O–H groups in total. The highest BCUT2D eigenvalue weighted by atomic mass is 32.2. The molecular formula is C26H20N2S. The number of pyridine rings is 1. The van der Waals surface area contributed by atoms with Crippen molar-refractivity contribution in [3.05, 3.63) is 96.3 Å². The first-order valence-electron chi connectivity index (χ1n) is 9.91. The van der Waals surface area contributed by atoms with Crippen LogP contribution in [0.2, 0.25) is 0 Å². The Morgan fingerprint density at radius 3 is 2.45 bits per heavy atom. The molecule has 6 rings (SSSR count). The molecule has 2 aromatic heterocycles. The highest BCUT2D eigenvalue weighted by Crippen LogP contribution is 2.53. The Bertz CT molecular complexity index is 1410. The second-order valence-corrected chi connectivity index (χ2v) is 9.20. The fraction of sp³-hybridized carbons (Fsp3) is 0.115. The first-order valence-corrected chi connectivity index (χ1v) is 10.7. The van der Waals surface area contributed by atoms with Crippen LogP contribution in [0, 0.1) is 0 Å². The molecule has 0 atom stereocenters. The zero-order chi connectivity index (χ0) is 19.6. The Kier molecular flexibility index (Phi) is 3.48. The lowest BCUT2D eigenvalue weighted by Crippen LogP contribution is -2.26. The van der Waals surface area contributed by atoms with Gasteiger partial charge in [-0.25, -0.2) is 4.98 Å². The predicted octanol–water partition coefficient (Wildman–Crippen LogP) is 6.97. The normalized spacial score (nSPS) is 14.7. The molecular weight excluding hydrogens is 372 g/mol. The summed E-state index contributed by atoms with van der Waals surface area (Å²) >= 11 is 1.88. The highest BCUT2D eigenvalue weighted by Gasteiger charge is 2.38. The van der Waals surface area contributed by atoms with Crippen LogP contribution in [0.4, 0.5) is 0 Å². The van der Waals surface area contributed by atoms with E-state index in [2.05, 4.69) is 97.3 Å². The number of benzene rings is 3. The van der Waals surface area contributed by atoms with Crippen LogP contribution in [0.5, 0.6) is 0 Å². The van der Waals surface area contributed by atoms with Gasteiger partial charge in [0.2, 0.25) is 0 Å². The van der Waals surface area contributed by atoms with Crippen LogP contribution < -0.4 is 0 Å². The molecule has 1 aliphatic heterocycles. The molecule has 0 fully saturated rings. The van der Waals surface area contributed by atoms with E-state index in [0.717, 1.165) is 5.82 Å². The second kappa shape index (κ2) is 5.98. The molecule has 0 radical (unpaired) electrons.